The quantitative estimate of drug-likeness (QED) is 0.0907. The van der Waals surface area contributed by atoms with Crippen molar-refractivity contribution in [3.05, 3.63) is 134 Å². The topological polar surface area (TPSA) is 139 Å². The number of amides is 4. The van der Waals surface area contributed by atoms with Crippen LogP contribution in [0.5, 0.6) is 0 Å². The number of nitrogens with zero attached hydrogens (tertiary/aromatic N) is 2. The average Bonchev–Trinajstić information content (AvgIpc) is 3.30. The van der Waals surface area contributed by atoms with Crippen molar-refractivity contribution in [1.29, 1.82) is 0 Å². The minimum absolute atomic E-state index is 0.0641. The molecule has 1 saturated heterocycles. The molecule has 4 amide bonds. The number of carbonyl (C=O) groups excluding carboxylic acids is 4. The van der Waals surface area contributed by atoms with Gasteiger partial charge in [0.05, 0.1) is 15.9 Å². The number of carbonyl (C=O) groups is 4. The van der Waals surface area contributed by atoms with Gasteiger partial charge in [-0.3, -0.25) is 29.3 Å². The Kier molecular flexibility index (Phi) is 9.50. The van der Waals surface area contributed by atoms with Gasteiger partial charge in [0, 0.05) is 44.7 Å². The van der Waals surface area contributed by atoms with Gasteiger partial charge in [0.15, 0.2) is 0 Å². The molecule has 2 N–H and O–H groups in total. The third-order valence-electron chi connectivity index (χ3n) is 6.58. The normalized spacial score (nSPS) is 14.8. The van der Waals surface area contributed by atoms with Gasteiger partial charge >= 0.3 is 0 Å². The van der Waals surface area contributed by atoms with Crippen molar-refractivity contribution in [1.82, 2.24) is 5.32 Å². The number of nitro benzene ring substituents is 1. The number of halogens is 2. The summed E-state index contributed by atoms with van der Waals surface area (Å²) in [5.41, 5.74) is 0.537. The maximum Gasteiger partial charge on any atom is 0.272 e. The molecule has 1 atom stereocenters. The van der Waals surface area contributed by atoms with Gasteiger partial charge in [0.1, 0.15) is 11.5 Å². The van der Waals surface area contributed by atoms with Gasteiger partial charge in [0.25, 0.3) is 17.5 Å². The molecule has 0 aliphatic carbocycles. The Morgan fingerprint density at radius 2 is 1.71 bits per heavy atom. The zero-order valence-corrected chi connectivity index (χ0v) is 25.5. The molecule has 1 aliphatic heterocycles. The third kappa shape index (κ3) is 7.51. The number of rotatable bonds is 9. The number of imide groups is 1. The molecule has 0 unspecified atom stereocenters. The number of anilines is 2. The van der Waals surface area contributed by atoms with Gasteiger partial charge in [-0.25, -0.2) is 9.29 Å². The molecule has 45 heavy (non-hydrogen) atoms. The van der Waals surface area contributed by atoms with E-state index in [1.165, 1.54) is 48.5 Å². The molecule has 0 aromatic heterocycles. The van der Waals surface area contributed by atoms with Crippen LogP contribution < -0.4 is 15.5 Å². The van der Waals surface area contributed by atoms with E-state index in [0.717, 1.165) is 16.7 Å². The minimum atomic E-state index is -0.765. The third-order valence-corrected chi connectivity index (χ3v) is 8.25. The fourth-order valence-corrected chi connectivity index (χ4v) is 5.92. The van der Waals surface area contributed by atoms with Crippen LogP contribution in [0.2, 0.25) is 0 Å². The zero-order chi connectivity index (χ0) is 32.1. The lowest BCUT2D eigenvalue weighted by molar-refractivity contribution is -0.384. The fraction of sp³-hybridized carbons (Fsp3) is 0.0625. The summed E-state index contributed by atoms with van der Waals surface area (Å²) in [4.78, 5) is 64.1. The van der Waals surface area contributed by atoms with Crippen LogP contribution in [-0.2, 0) is 14.4 Å². The van der Waals surface area contributed by atoms with E-state index in [0.29, 0.717) is 20.6 Å². The molecule has 4 aromatic rings. The summed E-state index contributed by atoms with van der Waals surface area (Å²) >= 11 is 4.41. The van der Waals surface area contributed by atoms with Crippen molar-refractivity contribution in [2.75, 3.05) is 10.2 Å². The van der Waals surface area contributed by atoms with Gasteiger partial charge in [-0.1, -0.05) is 40.2 Å². The molecule has 226 valence electrons. The summed E-state index contributed by atoms with van der Waals surface area (Å²) < 4.78 is 15.1. The van der Waals surface area contributed by atoms with Gasteiger partial charge in [-0.15, -0.1) is 11.8 Å². The maximum absolute atomic E-state index is 14.6. The number of benzene rings is 4. The molecule has 0 saturated carbocycles. The van der Waals surface area contributed by atoms with Crippen LogP contribution in [0.3, 0.4) is 0 Å². The number of non-ortho nitro benzene ring substituents is 1. The minimum Gasteiger partial charge on any atom is -0.321 e. The van der Waals surface area contributed by atoms with Crippen LogP contribution in [0.15, 0.2) is 112 Å². The Labute approximate surface area is 268 Å². The largest absolute Gasteiger partial charge is 0.321 e. The SMILES string of the molecule is O=C(Nc1cccc(S[C@H]2CC(=O)N(c3ccc([N+](=O)[O-])cc3)C2=O)c1)/C(=C/c1cc(Br)ccc1F)NC(=O)c1ccccc1. The molecule has 1 fully saturated rings. The average molecular weight is 690 g/mol. The highest BCUT2D eigenvalue weighted by Gasteiger charge is 2.40. The molecule has 0 radical (unpaired) electrons. The van der Waals surface area contributed by atoms with Crippen LogP contribution >= 0.6 is 27.7 Å². The monoisotopic (exact) mass is 688 g/mol. The maximum atomic E-state index is 14.6. The van der Waals surface area contributed by atoms with Crippen LogP contribution in [0, 0.1) is 15.9 Å². The van der Waals surface area contributed by atoms with Crippen LogP contribution in [0.1, 0.15) is 22.3 Å². The van der Waals surface area contributed by atoms with E-state index < -0.39 is 39.6 Å². The van der Waals surface area contributed by atoms with E-state index in [2.05, 4.69) is 26.6 Å². The summed E-state index contributed by atoms with van der Waals surface area (Å²) in [6, 6.07) is 24.1. The highest BCUT2D eigenvalue weighted by Crippen LogP contribution is 2.35. The van der Waals surface area contributed by atoms with Gasteiger partial charge in [0.2, 0.25) is 11.8 Å². The van der Waals surface area contributed by atoms with Crippen molar-refractivity contribution >= 4 is 74.5 Å². The zero-order valence-electron chi connectivity index (χ0n) is 23.1. The second-order valence-corrected chi connectivity index (χ2v) is 11.9. The standard InChI is InChI=1S/C32H22BrFN4O6S/c33-21-9-14-26(34)20(15-21)16-27(36-30(40)19-5-2-1-3-6-19)31(41)35-22-7-4-8-25(17-22)45-28-18-29(39)37(32(28)42)23-10-12-24(13-11-23)38(43)44/h1-17,28H,18H2,(H,35,41)(H,36,40)/b27-16-/t28-/m0/s1. The molecule has 0 spiro atoms. The van der Waals surface area contributed by atoms with E-state index in [1.807, 2.05) is 0 Å². The van der Waals surface area contributed by atoms with E-state index in [4.69, 9.17) is 0 Å². The molecule has 1 aliphatic rings. The molecule has 0 bridgehead atoms. The van der Waals surface area contributed by atoms with Crippen LogP contribution in [0.25, 0.3) is 6.08 Å². The van der Waals surface area contributed by atoms with Gasteiger partial charge in [-0.05, 0) is 66.7 Å². The first-order chi connectivity index (χ1) is 21.6. The van der Waals surface area contributed by atoms with Crippen molar-refractivity contribution in [2.45, 2.75) is 16.6 Å². The second-order valence-electron chi connectivity index (χ2n) is 9.68. The first-order valence-electron chi connectivity index (χ1n) is 13.3. The van der Waals surface area contributed by atoms with E-state index in [9.17, 15) is 33.7 Å². The first-order valence-corrected chi connectivity index (χ1v) is 15.0. The van der Waals surface area contributed by atoms with Crippen LogP contribution in [0.4, 0.5) is 21.5 Å². The molecule has 13 heteroatoms. The number of nitro groups is 1. The van der Waals surface area contributed by atoms with Crippen molar-refractivity contribution in [3.8, 4) is 0 Å². The highest BCUT2D eigenvalue weighted by atomic mass is 79.9. The Morgan fingerprint density at radius 3 is 2.42 bits per heavy atom. The Hall–Kier alpha value is -5.14. The fourth-order valence-electron chi connectivity index (χ4n) is 4.42. The number of nitrogens with one attached hydrogen (secondary N) is 2. The smallest absolute Gasteiger partial charge is 0.272 e. The summed E-state index contributed by atoms with van der Waals surface area (Å²) in [5, 5.41) is 15.4. The summed E-state index contributed by atoms with van der Waals surface area (Å²) in [6.45, 7) is 0. The molecule has 10 nitrogen and oxygen atoms in total. The Balaban J connectivity index is 1.33. The predicted molar refractivity (Wildman–Crippen MR) is 171 cm³/mol. The molecular weight excluding hydrogens is 667 g/mol. The van der Waals surface area contributed by atoms with E-state index in [1.54, 1.807) is 54.6 Å². The lowest BCUT2D eigenvalue weighted by atomic mass is 10.1. The predicted octanol–water partition coefficient (Wildman–Crippen LogP) is 6.33. The lowest BCUT2D eigenvalue weighted by Gasteiger charge is -2.15. The lowest BCUT2D eigenvalue weighted by Crippen LogP contribution is -2.31. The molecular formula is C32H22BrFN4O6S. The van der Waals surface area contributed by atoms with Gasteiger partial charge in [-0.2, -0.15) is 0 Å². The van der Waals surface area contributed by atoms with Gasteiger partial charge < -0.3 is 10.6 Å². The Bertz CT molecular complexity index is 1850. The molecule has 1 heterocycles. The first kappa shape index (κ1) is 31.3. The summed E-state index contributed by atoms with van der Waals surface area (Å²) in [7, 11) is 0. The Morgan fingerprint density at radius 1 is 0.978 bits per heavy atom. The van der Waals surface area contributed by atoms with Crippen molar-refractivity contribution in [2.24, 2.45) is 0 Å². The molecule has 4 aromatic carbocycles. The summed E-state index contributed by atoms with van der Waals surface area (Å²) in [5.74, 6) is -2.82. The van der Waals surface area contributed by atoms with E-state index in [-0.39, 0.29) is 29.1 Å². The molecule has 5 rings (SSSR count). The van der Waals surface area contributed by atoms with Crippen molar-refractivity contribution < 1.29 is 28.5 Å². The number of hydrogen-bond acceptors (Lipinski definition) is 7. The van der Waals surface area contributed by atoms with Crippen molar-refractivity contribution in [3.63, 3.8) is 0 Å². The van der Waals surface area contributed by atoms with Crippen LogP contribution in [-0.4, -0.2) is 33.8 Å². The summed E-state index contributed by atoms with van der Waals surface area (Å²) in [6.07, 6.45) is 1.14. The van der Waals surface area contributed by atoms with E-state index >= 15 is 0 Å². The number of thioether (sulfide) groups is 1. The highest BCUT2D eigenvalue weighted by molar-refractivity contribution is 9.10. The number of hydrogen-bond donors (Lipinski definition) is 2. The second kappa shape index (κ2) is 13.7.